The monoisotopic (exact) mass is 480 g/mol. The molecule has 0 fully saturated rings. The van der Waals surface area contributed by atoms with Crippen LogP contribution in [0.2, 0.25) is 10.0 Å². The number of hydrogen-bond acceptors (Lipinski definition) is 4. The van der Waals surface area contributed by atoms with E-state index in [1.165, 1.54) is 16.8 Å². The van der Waals surface area contributed by atoms with Crippen LogP contribution in [0.5, 0.6) is 0 Å². The van der Waals surface area contributed by atoms with Crippen LogP contribution in [-0.2, 0) is 6.42 Å². The maximum absolute atomic E-state index is 13.1. The van der Waals surface area contributed by atoms with Gasteiger partial charge in [0.15, 0.2) is 0 Å². The Morgan fingerprint density at radius 3 is 2.39 bits per heavy atom. The molecule has 0 saturated heterocycles. The molecule has 0 bridgehead atoms. The second-order valence-corrected chi connectivity index (χ2v) is 8.05. The van der Waals surface area contributed by atoms with Gasteiger partial charge < -0.3 is 5.32 Å². The quantitative estimate of drug-likeness (QED) is 0.270. The first-order chi connectivity index (χ1) is 15.9. The van der Waals surface area contributed by atoms with Gasteiger partial charge in [-0.15, -0.1) is 0 Å². The molecule has 166 valence electrons. The number of non-ortho nitro benzene ring substituents is 1. The van der Waals surface area contributed by atoms with Crippen LogP contribution in [0.15, 0.2) is 78.9 Å². The van der Waals surface area contributed by atoms with E-state index in [9.17, 15) is 14.9 Å². The Hall–Kier alpha value is -3.68. The van der Waals surface area contributed by atoms with Crippen LogP contribution < -0.4 is 5.32 Å². The molecular weight excluding hydrogens is 463 g/mol. The number of rotatable bonds is 7. The lowest BCUT2D eigenvalue weighted by Crippen LogP contribution is -2.27. The number of halogens is 2. The number of nitro benzene ring substituents is 1. The van der Waals surface area contributed by atoms with Crippen molar-refractivity contribution in [1.29, 1.82) is 0 Å². The van der Waals surface area contributed by atoms with Gasteiger partial charge >= 0.3 is 0 Å². The molecule has 0 spiro atoms. The lowest BCUT2D eigenvalue weighted by Gasteiger charge is -2.09. The molecule has 0 unspecified atom stereocenters. The minimum absolute atomic E-state index is 0.0416. The number of nitrogens with one attached hydrogen (secondary N) is 1. The van der Waals surface area contributed by atoms with Gasteiger partial charge in [0.2, 0.25) is 0 Å². The van der Waals surface area contributed by atoms with E-state index in [1.54, 1.807) is 30.3 Å². The summed E-state index contributed by atoms with van der Waals surface area (Å²) in [7, 11) is 0. The van der Waals surface area contributed by atoms with Crippen LogP contribution in [0.3, 0.4) is 0 Å². The van der Waals surface area contributed by atoms with Crippen LogP contribution in [0, 0.1) is 10.1 Å². The number of hydrogen-bond donors (Lipinski definition) is 1. The number of nitrogens with zero attached hydrogens (tertiary/aromatic N) is 3. The summed E-state index contributed by atoms with van der Waals surface area (Å²) in [5.74, 6) is -0.326. The van der Waals surface area contributed by atoms with Crippen molar-refractivity contribution in [2.24, 2.45) is 0 Å². The zero-order valence-corrected chi connectivity index (χ0v) is 18.8. The molecule has 0 aliphatic rings. The molecule has 1 amide bonds. The number of carbonyl (C=O) groups is 1. The minimum Gasteiger partial charge on any atom is -0.350 e. The number of aromatic nitrogens is 2. The van der Waals surface area contributed by atoms with Crippen molar-refractivity contribution >= 4 is 34.8 Å². The Morgan fingerprint density at radius 2 is 1.73 bits per heavy atom. The van der Waals surface area contributed by atoms with Gasteiger partial charge in [-0.2, -0.15) is 5.10 Å². The molecule has 0 saturated carbocycles. The fraction of sp³-hybridized carbons (Fsp3) is 0.0833. The Labute approximate surface area is 199 Å². The van der Waals surface area contributed by atoms with Gasteiger partial charge in [0.1, 0.15) is 5.69 Å². The highest BCUT2D eigenvalue weighted by molar-refractivity contribution is 6.35. The normalized spacial score (nSPS) is 10.7. The predicted octanol–water partition coefficient (Wildman–Crippen LogP) is 5.73. The highest BCUT2D eigenvalue weighted by Crippen LogP contribution is 2.24. The lowest BCUT2D eigenvalue weighted by atomic mass is 10.1. The Kier molecular flexibility index (Phi) is 6.72. The number of carbonyl (C=O) groups excluding carboxylic acids is 1. The van der Waals surface area contributed by atoms with E-state index in [4.69, 9.17) is 23.2 Å². The zero-order valence-electron chi connectivity index (χ0n) is 17.2. The summed E-state index contributed by atoms with van der Waals surface area (Å²) >= 11 is 12.1. The molecule has 0 aliphatic heterocycles. The molecular formula is C24H18Cl2N4O3. The van der Waals surface area contributed by atoms with Gasteiger partial charge in [-0.05, 0) is 42.3 Å². The van der Waals surface area contributed by atoms with Crippen molar-refractivity contribution in [3.05, 3.63) is 110 Å². The Balaban J connectivity index is 1.60. The maximum atomic E-state index is 13.1. The van der Waals surface area contributed by atoms with E-state index >= 15 is 0 Å². The van der Waals surface area contributed by atoms with Crippen LogP contribution in [0.4, 0.5) is 5.69 Å². The summed E-state index contributed by atoms with van der Waals surface area (Å²) in [6.45, 7) is 0.353. The van der Waals surface area contributed by atoms with E-state index in [0.29, 0.717) is 40.1 Å². The highest BCUT2D eigenvalue weighted by Gasteiger charge is 2.18. The first-order valence-corrected chi connectivity index (χ1v) is 10.8. The largest absolute Gasteiger partial charge is 0.350 e. The molecule has 7 nitrogen and oxygen atoms in total. The van der Waals surface area contributed by atoms with E-state index < -0.39 is 4.92 Å². The average molecular weight is 481 g/mol. The van der Waals surface area contributed by atoms with Gasteiger partial charge in [-0.25, -0.2) is 4.68 Å². The van der Waals surface area contributed by atoms with Crippen molar-refractivity contribution in [1.82, 2.24) is 15.1 Å². The second kappa shape index (κ2) is 9.85. The number of benzene rings is 3. The SMILES string of the molecule is O=C(NCCc1ccc(Cl)cc1Cl)c1cc(-c2ccccc2)nn1-c1ccc([N+](=O)[O-])cc1. The zero-order chi connectivity index (χ0) is 23.4. The van der Waals surface area contributed by atoms with Crippen molar-refractivity contribution < 1.29 is 9.72 Å². The molecule has 3 aromatic carbocycles. The van der Waals surface area contributed by atoms with Crippen LogP contribution in [-0.4, -0.2) is 27.2 Å². The lowest BCUT2D eigenvalue weighted by molar-refractivity contribution is -0.384. The third kappa shape index (κ3) is 5.22. The van der Waals surface area contributed by atoms with Crippen LogP contribution in [0.1, 0.15) is 16.1 Å². The van der Waals surface area contributed by atoms with Crippen LogP contribution >= 0.6 is 23.2 Å². The van der Waals surface area contributed by atoms with Gasteiger partial charge in [-0.1, -0.05) is 59.6 Å². The Morgan fingerprint density at radius 1 is 1.00 bits per heavy atom. The van der Waals surface area contributed by atoms with E-state index in [1.807, 2.05) is 36.4 Å². The summed E-state index contributed by atoms with van der Waals surface area (Å²) in [6.07, 6.45) is 0.527. The fourth-order valence-electron chi connectivity index (χ4n) is 3.33. The molecule has 4 rings (SSSR count). The molecule has 33 heavy (non-hydrogen) atoms. The summed E-state index contributed by atoms with van der Waals surface area (Å²) in [4.78, 5) is 23.6. The standard InChI is InChI=1S/C24H18Cl2N4O3/c25-18-7-6-16(21(26)14-18)12-13-27-24(31)23-15-22(17-4-2-1-3-5-17)28-29(23)19-8-10-20(11-9-19)30(32)33/h1-11,14-15H,12-13H2,(H,27,31). The third-order valence-corrected chi connectivity index (χ3v) is 5.60. The van der Waals surface area contributed by atoms with Gasteiger partial charge in [0, 0.05) is 34.3 Å². The van der Waals surface area contributed by atoms with Gasteiger partial charge in [0.05, 0.1) is 16.3 Å². The van der Waals surface area contributed by atoms with Crippen molar-refractivity contribution in [2.75, 3.05) is 6.54 Å². The maximum Gasteiger partial charge on any atom is 0.270 e. The predicted molar refractivity (Wildman–Crippen MR) is 128 cm³/mol. The Bertz CT molecular complexity index is 1310. The van der Waals surface area contributed by atoms with E-state index in [2.05, 4.69) is 10.4 Å². The molecule has 1 heterocycles. The van der Waals surface area contributed by atoms with Crippen LogP contribution in [0.25, 0.3) is 16.9 Å². The average Bonchev–Trinajstić information content (AvgIpc) is 3.27. The van der Waals surface area contributed by atoms with Crippen molar-refractivity contribution in [2.45, 2.75) is 6.42 Å². The summed E-state index contributed by atoms with van der Waals surface area (Å²) in [5.41, 5.74) is 3.13. The fourth-order valence-corrected chi connectivity index (χ4v) is 3.83. The van der Waals surface area contributed by atoms with Crippen molar-refractivity contribution in [3.63, 3.8) is 0 Å². The summed E-state index contributed by atoms with van der Waals surface area (Å²) in [5, 5.41) is 19.6. The molecule has 0 atom stereocenters. The van der Waals surface area contributed by atoms with E-state index in [-0.39, 0.29) is 11.6 Å². The summed E-state index contributed by atoms with van der Waals surface area (Å²) in [6, 6.07) is 22.3. The summed E-state index contributed by atoms with van der Waals surface area (Å²) < 4.78 is 1.48. The number of amides is 1. The topological polar surface area (TPSA) is 90.1 Å². The molecule has 4 aromatic rings. The second-order valence-electron chi connectivity index (χ2n) is 7.21. The molecule has 1 N–H and O–H groups in total. The van der Waals surface area contributed by atoms with Crippen molar-refractivity contribution in [3.8, 4) is 16.9 Å². The third-order valence-electron chi connectivity index (χ3n) is 5.01. The first-order valence-electron chi connectivity index (χ1n) is 10.0. The molecule has 1 aromatic heterocycles. The number of nitro groups is 1. The molecule has 0 aliphatic carbocycles. The first kappa shape index (κ1) is 22.5. The molecule has 0 radical (unpaired) electrons. The highest BCUT2D eigenvalue weighted by atomic mass is 35.5. The minimum atomic E-state index is -0.474. The van der Waals surface area contributed by atoms with E-state index in [0.717, 1.165) is 11.1 Å². The smallest absolute Gasteiger partial charge is 0.270 e. The molecule has 9 heteroatoms. The van der Waals surface area contributed by atoms with Gasteiger partial charge in [-0.3, -0.25) is 14.9 Å². The van der Waals surface area contributed by atoms with Gasteiger partial charge in [0.25, 0.3) is 11.6 Å².